The topological polar surface area (TPSA) is 45.5 Å². The van der Waals surface area contributed by atoms with Gasteiger partial charge in [0, 0.05) is 23.5 Å². The molecule has 4 nitrogen and oxygen atoms in total. The molecule has 2 fully saturated rings. The van der Waals surface area contributed by atoms with Crippen LogP contribution in [0.3, 0.4) is 0 Å². The first kappa shape index (κ1) is 13.8. The molecule has 3 heterocycles. The zero-order chi connectivity index (χ0) is 15.3. The molecule has 2 aromatic rings. The maximum absolute atomic E-state index is 12.7. The first-order valence-electron chi connectivity index (χ1n) is 8.14. The van der Waals surface area contributed by atoms with Gasteiger partial charge in [-0.25, -0.2) is 0 Å². The summed E-state index contributed by atoms with van der Waals surface area (Å²) in [7, 11) is 2.22. The standard InChI is InChI=1S/C18H22N2O2/c1-11-17(15-5-3-4-6-16(15)22-11)18(21)19-12-9-13-7-8-14(10-12)20(13)2/h3-6,12-14H,7-10H2,1-2H3,(H,19,21)/t12-,13+,14-. The fraction of sp³-hybridized carbons (Fsp3) is 0.500. The van der Waals surface area contributed by atoms with Crippen LogP contribution in [0.15, 0.2) is 28.7 Å². The largest absolute Gasteiger partial charge is 0.461 e. The Morgan fingerprint density at radius 3 is 2.64 bits per heavy atom. The SMILES string of the molecule is Cc1oc2ccccc2c1C(=O)N[C@H]1C[C@H]2CC[C@@H](C1)N2C. The predicted octanol–water partition coefficient (Wildman–Crippen LogP) is 3.10. The van der Waals surface area contributed by atoms with Crippen molar-refractivity contribution in [1.82, 2.24) is 10.2 Å². The first-order chi connectivity index (χ1) is 10.6. The van der Waals surface area contributed by atoms with Gasteiger partial charge in [-0.1, -0.05) is 18.2 Å². The van der Waals surface area contributed by atoms with E-state index in [1.54, 1.807) is 0 Å². The Labute approximate surface area is 130 Å². The summed E-state index contributed by atoms with van der Waals surface area (Å²) in [6.45, 7) is 1.87. The monoisotopic (exact) mass is 298 g/mol. The number of fused-ring (bicyclic) bond motifs is 3. The van der Waals surface area contributed by atoms with Crippen LogP contribution in [-0.4, -0.2) is 36.0 Å². The molecule has 2 saturated heterocycles. The number of carbonyl (C=O) groups is 1. The number of aryl methyl sites for hydroxylation is 1. The van der Waals surface area contributed by atoms with Crippen LogP contribution < -0.4 is 5.32 Å². The highest BCUT2D eigenvalue weighted by atomic mass is 16.3. The molecule has 22 heavy (non-hydrogen) atoms. The fourth-order valence-electron chi connectivity index (χ4n) is 4.24. The van der Waals surface area contributed by atoms with Crippen molar-refractivity contribution >= 4 is 16.9 Å². The van der Waals surface area contributed by atoms with Gasteiger partial charge in [-0.3, -0.25) is 4.79 Å². The molecule has 0 radical (unpaired) electrons. The first-order valence-corrected chi connectivity index (χ1v) is 8.14. The minimum Gasteiger partial charge on any atom is -0.461 e. The lowest BCUT2D eigenvalue weighted by Crippen LogP contribution is -2.48. The maximum atomic E-state index is 12.7. The zero-order valence-corrected chi connectivity index (χ0v) is 13.1. The number of benzene rings is 1. The number of hydrogen-bond acceptors (Lipinski definition) is 3. The zero-order valence-electron chi connectivity index (χ0n) is 13.1. The van der Waals surface area contributed by atoms with E-state index in [4.69, 9.17) is 4.42 Å². The summed E-state index contributed by atoms with van der Waals surface area (Å²) in [6.07, 6.45) is 4.66. The van der Waals surface area contributed by atoms with Gasteiger partial charge in [-0.05, 0) is 45.7 Å². The van der Waals surface area contributed by atoms with Crippen LogP contribution in [0.5, 0.6) is 0 Å². The lowest BCUT2D eigenvalue weighted by Gasteiger charge is -2.36. The molecule has 3 atom stereocenters. The maximum Gasteiger partial charge on any atom is 0.255 e. The average Bonchev–Trinajstić information content (AvgIpc) is 2.90. The molecular weight excluding hydrogens is 276 g/mol. The molecule has 0 aliphatic carbocycles. The van der Waals surface area contributed by atoms with Gasteiger partial charge in [-0.2, -0.15) is 0 Å². The van der Waals surface area contributed by atoms with Crippen molar-refractivity contribution in [3.63, 3.8) is 0 Å². The van der Waals surface area contributed by atoms with Gasteiger partial charge in [-0.15, -0.1) is 0 Å². The Hall–Kier alpha value is -1.81. The van der Waals surface area contributed by atoms with Crippen molar-refractivity contribution in [3.8, 4) is 0 Å². The third-order valence-electron chi connectivity index (χ3n) is 5.43. The summed E-state index contributed by atoms with van der Waals surface area (Å²) in [6, 6.07) is 9.30. The molecule has 2 aliphatic heterocycles. The minimum absolute atomic E-state index is 0.0106. The van der Waals surface area contributed by atoms with Crippen molar-refractivity contribution in [2.75, 3.05) is 7.05 Å². The van der Waals surface area contributed by atoms with Crippen LogP contribution in [-0.2, 0) is 0 Å². The predicted molar refractivity (Wildman–Crippen MR) is 86.0 cm³/mol. The van der Waals surface area contributed by atoms with Crippen molar-refractivity contribution in [3.05, 3.63) is 35.6 Å². The van der Waals surface area contributed by atoms with Gasteiger partial charge in [0.15, 0.2) is 0 Å². The van der Waals surface area contributed by atoms with Crippen molar-refractivity contribution < 1.29 is 9.21 Å². The molecule has 116 valence electrons. The number of nitrogens with one attached hydrogen (secondary N) is 1. The number of nitrogens with zero attached hydrogens (tertiary/aromatic N) is 1. The lowest BCUT2D eigenvalue weighted by atomic mass is 9.97. The smallest absolute Gasteiger partial charge is 0.255 e. The lowest BCUT2D eigenvalue weighted by molar-refractivity contribution is 0.0882. The van der Waals surface area contributed by atoms with E-state index in [0.717, 1.165) is 23.8 Å². The molecule has 1 aromatic heterocycles. The summed E-state index contributed by atoms with van der Waals surface area (Å²) in [5.41, 5.74) is 1.48. The van der Waals surface area contributed by atoms with E-state index < -0.39 is 0 Å². The Morgan fingerprint density at radius 2 is 1.91 bits per heavy atom. The summed E-state index contributed by atoms with van der Waals surface area (Å²) in [5.74, 6) is 0.714. The van der Waals surface area contributed by atoms with Gasteiger partial charge in [0.25, 0.3) is 5.91 Å². The third-order valence-corrected chi connectivity index (χ3v) is 5.43. The molecular formula is C18H22N2O2. The summed E-state index contributed by atoms with van der Waals surface area (Å²) < 4.78 is 5.71. The Kier molecular flexibility index (Phi) is 3.22. The summed E-state index contributed by atoms with van der Waals surface area (Å²) in [4.78, 5) is 15.2. The highest BCUT2D eigenvalue weighted by Crippen LogP contribution is 2.34. The quantitative estimate of drug-likeness (QED) is 0.926. The van der Waals surface area contributed by atoms with Crippen molar-refractivity contribution in [2.24, 2.45) is 0 Å². The second kappa shape index (κ2) is 5.13. The van der Waals surface area contributed by atoms with Crippen LogP contribution in [0.1, 0.15) is 41.8 Å². The van der Waals surface area contributed by atoms with E-state index in [-0.39, 0.29) is 11.9 Å². The molecule has 0 spiro atoms. The molecule has 4 heteroatoms. The van der Waals surface area contributed by atoms with E-state index in [9.17, 15) is 4.79 Å². The normalized spacial score (nSPS) is 28.2. The van der Waals surface area contributed by atoms with Gasteiger partial charge in [0.2, 0.25) is 0 Å². The average molecular weight is 298 g/mol. The molecule has 1 amide bonds. The number of furan rings is 1. The third kappa shape index (κ3) is 2.13. The molecule has 4 rings (SSSR count). The molecule has 2 bridgehead atoms. The van der Waals surface area contributed by atoms with Crippen molar-refractivity contribution in [1.29, 1.82) is 0 Å². The second-order valence-electron chi connectivity index (χ2n) is 6.72. The van der Waals surface area contributed by atoms with Gasteiger partial charge >= 0.3 is 0 Å². The van der Waals surface area contributed by atoms with E-state index in [1.165, 1.54) is 12.8 Å². The molecule has 2 aliphatic rings. The number of carbonyl (C=O) groups excluding carboxylic acids is 1. The van der Waals surface area contributed by atoms with E-state index in [2.05, 4.69) is 17.3 Å². The van der Waals surface area contributed by atoms with Gasteiger partial charge in [0.1, 0.15) is 11.3 Å². The molecule has 0 saturated carbocycles. The Balaban J connectivity index is 1.56. The van der Waals surface area contributed by atoms with Crippen molar-refractivity contribution in [2.45, 2.75) is 50.7 Å². The number of rotatable bonds is 2. The number of amides is 1. The van der Waals surface area contributed by atoms with Gasteiger partial charge < -0.3 is 14.6 Å². The molecule has 1 N–H and O–H groups in total. The fourth-order valence-corrected chi connectivity index (χ4v) is 4.24. The van der Waals surface area contributed by atoms with Crippen LogP contribution in [0.2, 0.25) is 0 Å². The van der Waals surface area contributed by atoms with Crippen LogP contribution in [0.25, 0.3) is 11.0 Å². The Morgan fingerprint density at radius 1 is 1.23 bits per heavy atom. The number of para-hydroxylation sites is 1. The highest BCUT2D eigenvalue weighted by molar-refractivity contribution is 6.07. The molecule has 1 aromatic carbocycles. The summed E-state index contributed by atoms with van der Waals surface area (Å²) >= 11 is 0. The van der Waals surface area contributed by atoms with E-state index >= 15 is 0 Å². The molecule has 0 unspecified atom stereocenters. The van der Waals surface area contributed by atoms with Crippen LogP contribution >= 0.6 is 0 Å². The van der Waals surface area contributed by atoms with Crippen LogP contribution in [0, 0.1) is 6.92 Å². The van der Waals surface area contributed by atoms with E-state index in [1.807, 2.05) is 31.2 Å². The highest BCUT2D eigenvalue weighted by Gasteiger charge is 2.39. The second-order valence-corrected chi connectivity index (χ2v) is 6.72. The number of hydrogen-bond donors (Lipinski definition) is 1. The Bertz CT molecular complexity index is 707. The number of piperidine rings is 1. The summed E-state index contributed by atoms with van der Waals surface area (Å²) in [5, 5.41) is 4.16. The minimum atomic E-state index is 0.0106. The van der Waals surface area contributed by atoms with Gasteiger partial charge in [0.05, 0.1) is 5.56 Å². The van der Waals surface area contributed by atoms with E-state index in [0.29, 0.717) is 23.4 Å². The van der Waals surface area contributed by atoms with Crippen LogP contribution in [0.4, 0.5) is 0 Å².